The smallest absolute Gasteiger partial charge is 0.411 e. The van der Waals surface area contributed by atoms with Gasteiger partial charge in [0.2, 0.25) is 0 Å². The van der Waals surface area contributed by atoms with Gasteiger partial charge < -0.3 is 4.74 Å². The average molecular weight is 309 g/mol. The molecule has 0 aliphatic rings. The lowest BCUT2D eigenvalue weighted by Gasteiger charge is -2.15. The molecule has 0 fully saturated rings. The van der Waals surface area contributed by atoms with Crippen molar-refractivity contribution in [1.29, 1.82) is 0 Å². The number of nitrogens with one attached hydrogen (secondary N) is 1. The molecule has 2 rings (SSSR count). The molecule has 120 valence electrons. The van der Waals surface area contributed by atoms with Crippen molar-refractivity contribution in [2.45, 2.75) is 27.2 Å². The van der Waals surface area contributed by atoms with E-state index < -0.39 is 6.09 Å². The van der Waals surface area contributed by atoms with Gasteiger partial charge in [-0.15, -0.1) is 0 Å². The van der Waals surface area contributed by atoms with Gasteiger partial charge in [-0.2, -0.15) is 0 Å². The van der Waals surface area contributed by atoms with Crippen molar-refractivity contribution in [2.75, 3.05) is 12.4 Å². The predicted molar refractivity (Wildman–Crippen MR) is 95.9 cm³/mol. The van der Waals surface area contributed by atoms with Crippen LogP contribution in [0.3, 0.4) is 0 Å². The van der Waals surface area contributed by atoms with Crippen molar-refractivity contribution in [1.82, 2.24) is 0 Å². The zero-order valence-electron chi connectivity index (χ0n) is 14.2. The number of carbonyl (C=O) groups excluding carboxylic acids is 1. The zero-order valence-corrected chi connectivity index (χ0v) is 14.2. The highest BCUT2D eigenvalue weighted by Gasteiger charge is 2.10. The highest BCUT2D eigenvalue weighted by molar-refractivity contribution is 5.86. The second-order valence-electron chi connectivity index (χ2n) is 5.86. The first-order chi connectivity index (χ1) is 10.9. The van der Waals surface area contributed by atoms with E-state index >= 15 is 0 Å². The largest absolute Gasteiger partial charge is 0.453 e. The van der Waals surface area contributed by atoms with Gasteiger partial charge in [-0.25, -0.2) is 4.79 Å². The molecule has 23 heavy (non-hydrogen) atoms. The molecule has 2 aromatic carbocycles. The Morgan fingerprint density at radius 1 is 1.09 bits per heavy atom. The van der Waals surface area contributed by atoms with Crippen LogP contribution in [-0.2, 0) is 11.2 Å². The molecule has 0 aliphatic carbocycles. The van der Waals surface area contributed by atoms with Gasteiger partial charge in [-0.1, -0.05) is 36.4 Å². The maximum atomic E-state index is 11.4. The molecule has 0 spiro atoms. The highest BCUT2D eigenvalue weighted by atomic mass is 16.5. The van der Waals surface area contributed by atoms with Gasteiger partial charge in [0.05, 0.1) is 7.11 Å². The molecule has 0 saturated carbocycles. The van der Waals surface area contributed by atoms with E-state index in [1.54, 1.807) is 0 Å². The number of hydrogen-bond acceptors (Lipinski definition) is 2. The van der Waals surface area contributed by atoms with Crippen LogP contribution in [0.25, 0.3) is 5.57 Å². The zero-order chi connectivity index (χ0) is 17.0. The lowest BCUT2D eigenvalue weighted by atomic mass is 9.93. The number of amides is 1. The number of benzene rings is 2. The molecule has 3 heteroatoms. The fourth-order valence-electron chi connectivity index (χ4n) is 2.54. The number of carbonyl (C=O) groups is 1. The fourth-order valence-corrected chi connectivity index (χ4v) is 2.54. The van der Waals surface area contributed by atoms with E-state index in [0.717, 1.165) is 34.4 Å². The summed E-state index contributed by atoms with van der Waals surface area (Å²) >= 11 is 0. The molecule has 0 aromatic heterocycles. The minimum absolute atomic E-state index is 0.460. The van der Waals surface area contributed by atoms with E-state index in [2.05, 4.69) is 53.9 Å². The molecule has 0 saturated heterocycles. The standard InChI is InChI=1S/C20H23NO2/c1-13-6-8-17(9-7-13)10-14(2)18-11-16(4)19(12-15(18)3)21-20(22)23-5/h6-9,11-12H,2,10H2,1,3-5H3,(H,21,22). The first-order valence-corrected chi connectivity index (χ1v) is 7.60. The molecule has 0 heterocycles. The summed E-state index contributed by atoms with van der Waals surface area (Å²) in [5.74, 6) is 0. The van der Waals surface area contributed by atoms with E-state index in [9.17, 15) is 4.79 Å². The number of anilines is 1. The monoisotopic (exact) mass is 309 g/mol. The number of hydrogen-bond donors (Lipinski definition) is 1. The van der Waals surface area contributed by atoms with Crippen molar-refractivity contribution in [2.24, 2.45) is 0 Å². The maximum Gasteiger partial charge on any atom is 0.411 e. The molecule has 3 nitrogen and oxygen atoms in total. The summed E-state index contributed by atoms with van der Waals surface area (Å²) in [5.41, 5.74) is 7.53. The van der Waals surface area contributed by atoms with Crippen LogP contribution in [0, 0.1) is 20.8 Å². The summed E-state index contributed by atoms with van der Waals surface area (Å²) in [6.07, 6.45) is 0.350. The number of rotatable bonds is 4. The molecule has 0 aliphatic heterocycles. The van der Waals surface area contributed by atoms with Gasteiger partial charge in [0.1, 0.15) is 0 Å². The SMILES string of the molecule is C=C(Cc1ccc(C)cc1)c1cc(C)c(NC(=O)OC)cc1C. The summed E-state index contributed by atoms with van der Waals surface area (Å²) in [4.78, 5) is 11.4. The van der Waals surface area contributed by atoms with Crippen LogP contribution in [0.2, 0.25) is 0 Å². The Balaban J connectivity index is 2.22. The summed E-state index contributed by atoms with van der Waals surface area (Å²) in [6, 6.07) is 12.5. The van der Waals surface area contributed by atoms with Gasteiger partial charge in [0.25, 0.3) is 0 Å². The number of ether oxygens (including phenoxy) is 1. The molecule has 0 radical (unpaired) electrons. The van der Waals surface area contributed by atoms with Crippen LogP contribution in [0.5, 0.6) is 0 Å². The Morgan fingerprint density at radius 3 is 2.35 bits per heavy atom. The predicted octanol–water partition coefficient (Wildman–Crippen LogP) is 5.05. The number of methoxy groups -OCH3 is 1. The first-order valence-electron chi connectivity index (χ1n) is 7.60. The van der Waals surface area contributed by atoms with Crippen molar-refractivity contribution in [3.05, 3.63) is 70.8 Å². The van der Waals surface area contributed by atoms with Gasteiger partial charge in [-0.05, 0) is 67.2 Å². The summed E-state index contributed by atoms with van der Waals surface area (Å²) < 4.78 is 4.65. The molecule has 0 bridgehead atoms. The lowest BCUT2D eigenvalue weighted by molar-refractivity contribution is 0.187. The first kappa shape index (κ1) is 16.8. The lowest BCUT2D eigenvalue weighted by Crippen LogP contribution is -2.12. The second-order valence-corrected chi connectivity index (χ2v) is 5.86. The van der Waals surface area contributed by atoms with Gasteiger partial charge in [0.15, 0.2) is 0 Å². The van der Waals surface area contributed by atoms with Crippen LogP contribution in [0.1, 0.15) is 27.8 Å². The van der Waals surface area contributed by atoms with Gasteiger partial charge in [0, 0.05) is 5.69 Å². The Bertz CT molecular complexity index is 730. The Kier molecular flexibility index (Phi) is 5.22. The van der Waals surface area contributed by atoms with Gasteiger partial charge in [-0.3, -0.25) is 5.32 Å². The fraction of sp³-hybridized carbons (Fsp3) is 0.250. The van der Waals surface area contributed by atoms with E-state index in [4.69, 9.17) is 0 Å². The van der Waals surface area contributed by atoms with Crippen LogP contribution >= 0.6 is 0 Å². The van der Waals surface area contributed by atoms with Crippen molar-refractivity contribution >= 4 is 17.4 Å². The second kappa shape index (κ2) is 7.14. The summed E-state index contributed by atoms with van der Waals surface area (Å²) in [6.45, 7) is 10.3. The third-order valence-corrected chi connectivity index (χ3v) is 3.91. The van der Waals surface area contributed by atoms with Crippen LogP contribution < -0.4 is 5.32 Å². The van der Waals surface area contributed by atoms with Crippen LogP contribution in [0.15, 0.2) is 43.0 Å². The molecular formula is C20H23NO2. The molecule has 0 atom stereocenters. The van der Waals surface area contributed by atoms with E-state index in [-0.39, 0.29) is 0 Å². The van der Waals surface area contributed by atoms with Crippen molar-refractivity contribution in [3.63, 3.8) is 0 Å². The minimum atomic E-state index is -0.460. The Hall–Kier alpha value is -2.55. The molecule has 1 amide bonds. The number of allylic oxidation sites excluding steroid dienone is 1. The summed E-state index contributed by atoms with van der Waals surface area (Å²) in [5, 5.41) is 2.73. The third-order valence-electron chi connectivity index (χ3n) is 3.91. The molecule has 2 aromatic rings. The van der Waals surface area contributed by atoms with Crippen LogP contribution in [0.4, 0.5) is 10.5 Å². The van der Waals surface area contributed by atoms with E-state index in [1.807, 2.05) is 19.9 Å². The van der Waals surface area contributed by atoms with Crippen LogP contribution in [-0.4, -0.2) is 13.2 Å². The Morgan fingerprint density at radius 2 is 1.74 bits per heavy atom. The topological polar surface area (TPSA) is 38.3 Å². The van der Waals surface area contributed by atoms with Gasteiger partial charge >= 0.3 is 6.09 Å². The molecule has 1 N–H and O–H groups in total. The maximum absolute atomic E-state index is 11.4. The minimum Gasteiger partial charge on any atom is -0.453 e. The highest BCUT2D eigenvalue weighted by Crippen LogP contribution is 2.27. The van der Waals surface area contributed by atoms with E-state index in [0.29, 0.717) is 0 Å². The van der Waals surface area contributed by atoms with Crippen molar-refractivity contribution < 1.29 is 9.53 Å². The van der Waals surface area contributed by atoms with E-state index in [1.165, 1.54) is 18.2 Å². The summed E-state index contributed by atoms with van der Waals surface area (Å²) in [7, 11) is 1.36. The van der Waals surface area contributed by atoms with Crippen molar-refractivity contribution in [3.8, 4) is 0 Å². The molecular weight excluding hydrogens is 286 g/mol. The molecule has 0 unspecified atom stereocenters. The average Bonchev–Trinajstić information content (AvgIpc) is 2.52. The normalized spacial score (nSPS) is 10.3. The third kappa shape index (κ3) is 4.22. The Labute approximate surface area is 138 Å². The quantitative estimate of drug-likeness (QED) is 0.858. The number of aryl methyl sites for hydroxylation is 3.